The number of piperidine rings is 2. The summed E-state index contributed by atoms with van der Waals surface area (Å²) in [6.45, 7) is 12.3. The van der Waals surface area contributed by atoms with E-state index in [2.05, 4.69) is 25.7 Å². The van der Waals surface area contributed by atoms with E-state index >= 15 is 0 Å². The average Bonchev–Trinajstić information content (AvgIpc) is 2.54. The maximum absolute atomic E-state index is 12.3. The van der Waals surface area contributed by atoms with Gasteiger partial charge in [0, 0.05) is 26.2 Å². The molecule has 0 unspecified atom stereocenters. The lowest BCUT2D eigenvalue weighted by atomic mass is 9.87. The van der Waals surface area contributed by atoms with E-state index in [4.69, 9.17) is 4.74 Å². The molecule has 0 N–H and O–H groups in total. The van der Waals surface area contributed by atoms with Gasteiger partial charge in [0.25, 0.3) is 0 Å². The molecule has 2 saturated heterocycles. The SMILES string of the molecule is CCCN1CCC(OCC(=O)N2CCC(C(C)C)CC2)CC1. The molecule has 2 rings (SSSR count). The van der Waals surface area contributed by atoms with Gasteiger partial charge in [0.15, 0.2) is 0 Å². The van der Waals surface area contributed by atoms with Gasteiger partial charge in [-0.15, -0.1) is 0 Å². The second-order valence-corrected chi connectivity index (χ2v) is 7.31. The number of carbonyl (C=O) groups is 1. The highest BCUT2D eigenvalue weighted by Gasteiger charge is 2.26. The van der Waals surface area contributed by atoms with E-state index < -0.39 is 0 Å². The van der Waals surface area contributed by atoms with Crippen molar-refractivity contribution >= 4 is 5.91 Å². The molecule has 22 heavy (non-hydrogen) atoms. The monoisotopic (exact) mass is 310 g/mol. The Labute approximate surface area is 136 Å². The Bertz CT molecular complexity index is 330. The number of rotatable bonds is 6. The van der Waals surface area contributed by atoms with Gasteiger partial charge in [-0.05, 0) is 50.5 Å². The summed E-state index contributed by atoms with van der Waals surface area (Å²) in [5.74, 6) is 1.72. The lowest BCUT2D eigenvalue weighted by molar-refractivity contribution is -0.140. The van der Waals surface area contributed by atoms with E-state index in [9.17, 15) is 4.79 Å². The molecule has 0 bridgehead atoms. The zero-order chi connectivity index (χ0) is 15.9. The van der Waals surface area contributed by atoms with E-state index in [1.807, 2.05) is 4.90 Å². The number of likely N-dealkylation sites (tertiary alicyclic amines) is 2. The van der Waals surface area contributed by atoms with Crippen LogP contribution in [0.2, 0.25) is 0 Å². The second kappa shape index (κ2) is 8.88. The summed E-state index contributed by atoms with van der Waals surface area (Å²) < 4.78 is 5.88. The smallest absolute Gasteiger partial charge is 0.248 e. The number of carbonyl (C=O) groups excluding carboxylic acids is 1. The first-order valence-electron chi connectivity index (χ1n) is 9.21. The molecule has 2 heterocycles. The molecule has 0 saturated carbocycles. The van der Waals surface area contributed by atoms with Crippen molar-refractivity contribution in [2.45, 2.75) is 59.0 Å². The van der Waals surface area contributed by atoms with Crippen molar-refractivity contribution in [1.29, 1.82) is 0 Å². The largest absolute Gasteiger partial charge is 0.368 e. The molecule has 128 valence electrons. The van der Waals surface area contributed by atoms with Crippen LogP contribution in [-0.2, 0) is 9.53 Å². The van der Waals surface area contributed by atoms with Gasteiger partial charge in [0.05, 0.1) is 6.10 Å². The van der Waals surface area contributed by atoms with Crippen LogP contribution >= 0.6 is 0 Å². The molecular weight excluding hydrogens is 276 g/mol. The summed E-state index contributed by atoms with van der Waals surface area (Å²) in [5.41, 5.74) is 0. The van der Waals surface area contributed by atoms with Crippen molar-refractivity contribution < 1.29 is 9.53 Å². The lowest BCUT2D eigenvalue weighted by Crippen LogP contribution is -2.43. The highest BCUT2D eigenvalue weighted by atomic mass is 16.5. The fraction of sp³-hybridized carbons (Fsp3) is 0.944. The maximum Gasteiger partial charge on any atom is 0.248 e. The Balaban J connectivity index is 1.62. The first-order valence-corrected chi connectivity index (χ1v) is 9.21. The molecule has 4 nitrogen and oxygen atoms in total. The fourth-order valence-electron chi connectivity index (χ4n) is 3.71. The van der Waals surface area contributed by atoms with Crippen molar-refractivity contribution in [2.75, 3.05) is 39.3 Å². The predicted molar refractivity (Wildman–Crippen MR) is 89.8 cm³/mol. The first-order chi connectivity index (χ1) is 10.6. The minimum absolute atomic E-state index is 0.193. The highest BCUT2D eigenvalue weighted by Crippen LogP contribution is 2.24. The Morgan fingerprint density at radius 3 is 2.27 bits per heavy atom. The van der Waals surface area contributed by atoms with Crippen molar-refractivity contribution in [1.82, 2.24) is 9.80 Å². The summed E-state index contributed by atoms with van der Waals surface area (Å²) in [7, 11) is 0. The third-order valence-corrected chi connectivity index (χ3v) is 5.35. The molecule has 1 amide bonds. The number of amides is 1. The van der Waals surface area contributed by atoms with Crippen LogP contribution in [0.15, 0.2) is 0 Å². The van der Waals surface area contributed by atoms with Gasteiger partial charge in [-0.2, -0.15) is 0 Å². The van der Waals surface area contributed by atoms with Crippen molar-refractivity contribution in [2.24, 2.45) is 11.8 Å². The second-order valence-electron chi connectivity index (χ2n) is 7.31. The average molecular weight is 310 g/mol. The highest BCUT2D eigenvalue weighted by molar-refractivity contribution is 5.77. The van der Waals surface area contributed by atoms with Gasteiger partial charge in [-0.25, -0.2) is 0 Å². The van der Waals surface area contributed by atoms with Crippen molar-refractivity contribution in [3.8, 4) is 0 Å². The van der Waals surface area contributed by atoms with E-state index in [0.717, 1.165) is 63.7 Å². The summed E-state index contributed by atoms with van der Waals surface area (Å²) in [6, 6.07) is 0. The molecule has 0 aliphatic carbocycles. The topological polar surface area (TPSA) is 32.8 Å². The lowest BCUT2D eigenvalue weighted by Gasteiger charge is -2.35. The molecule has 0 aromatic carbocycles. The van der Waals surface area contributed by atoms with E-state index in [0.29, 0.717) is 0 Å². The van der Waals surface area contributed by atoms with Crippen LogP contribution in [0.1, 0.15) is 52.9 Å². The Morgan fingerprint density at radius 2 is 1.73 bits per heavy atom. The van der Waals surface area contributed by atoms with Crippen LogP contribution < -0.4 is 0 Å². The molecule has 2 fully saturated rings. The van der Waals surface area contributed by atoms with E-state index in [-0.39, 0.29) is 18.6 Å². The first kappa shape index (κ1) is 17.7. The van der Waals surface area contributed by atoms with Gasteiger partial charge < -0.3 is 14.5 Å². The van der Waals surface area contributed by atoms with Crippen LogP contribution in [-0.4, -0.2) is 61.1 Å². The molecule has 0 atom stereocenters. The van der Waals surface area contributed by atoms with Crippen LogP contribution in [0.25, 0.3) is 0 Å². The number of hydrogen-bond acceptors (Lipinski definition) is 3. The van der Waals surface area contributed by atoms with Gasteiger partial charge in [-0.3, -0.25) is 4.79 Å². The predicted octanol–water partition coefficient (Wildman–Crippen LogP) is 2.77. The minimum atomic E-state index is 0.193. The molecule has 0 aromatic rings. The van der Waals surface area contributed by atoms with Crippen LogP contribution in [0, 0.1) is 11.8 Å². The maximum atomic E-state index is 12.3. The van der Waals surface area contributed by atoms with Crippen LogP contribution in [0.3, 0.4) is 0 Å². The third kappa shape index (κ3) is 5.24. The zero-order valence-electron chi connectivity index (χ0n) is 14.7. The van der Waals surface area contributed by atoms with E-state index in [1.54, 1.807) is 0 Å². The quantitative estimate of drug-likeness (QED) is 0.756. The molecule has 0 aromatic heterocycles. The fourth-order valence-corrected chi connectivity index (χ4v) is 3.71. The number of nitrogens with zero attached hydrogens (tertiary/aromatic N) is 2. The van der Waals surface area contributed by atoms with Crippen molar-refractivity contribution in [3.63, 3.8) is 0 Å². The Morgan fingerprint density at radius 1 is 1.09 bits per heavy atom. The summed E-state index contributed by atoms with van der Waals surface area (Å²) >= 11 is 0. The molecule has 2 aliphatic rings. The summed E-state index contributed by atoms with van der Waals surface area (Å²) in [4.78, 5) is 16.8. The van der Waals surface area contributed by atoms with Crippen molar-refractivity contribution in [3.05, 3.63) is 0 Å². The molecular formula is C18H34N2O2. The van der Waals surface area contributed by atoms with Crippen LogP contribution in [0.5, 0.6) is 0 Å². The van der Waals surface area contributed by atoms with E-state index in [1.165, 1.54) is 13.0 Å². The normalized spacial score (nSPS) is 22.5. The van der Waals surface area contributed by atoms with Gasteiger partial charge in [-0.1, -0.05) is 20.8 Å². The van der Waals surface area contributed by atoms with Gasteiger partial charge >= 0.3 is 0 Å². The van der Waals surface area contributed by atoms with Crippen LogP contribution in [0.4, 0.5) is 0 Å². The standard InChI is InChI=1S/C18H34N2O2/c1-4-9-19-10-7-17(8-11-19)22-14-18(21)20-12-5-16(6-13-20)15(2)3/h15-17H,4-14H2,1-3H3. The number of ether oxygens (including phenoxy) is 1. The minimum Gasteiger partial charge on any atom is -0.368 e. The Kier molecular flexibility index (Phi) is 7.16. The zero-order valence-corrected chi connectivity index (χ0v) is 14.7. The van der Waals surface area contributed by atoms with Gasteiger partial charge in [0.2, 0.25) is 5.91 Å². The number of hydrogen-bond donors (Lipinski definition) is 0. The molecule has 4 heteroatoms. The third-order valence-electron chi connectivity index (χ3n) is 5.35. The Hall–Kier alpha value is -0.610. The van der Waals surface area contributed by atoms with Gasteiger partial charge in [0.1, 0.15) is 6.61 Å². The molecule has 0 spiro atoms. The summed E-state index contributed by atoms with van der Waals surface area (Å²) in [5, 5.41) is 0. The molecule has 0 radical (unpaired) electrons. The summed E-state index contributed by atoms with van der Waals surface area (Å²) in [6.07, 6.45) is 5.95. The molecule has 2 aliphatic heterocycles.